The van der Waals surface area contributed by atoms with Crippen LogP contribution in [0, 0.1) is 11.7 Å². The minimum absolute atomic E-state index is 0.0775. The molecule has 2 aliphatic heterocycles. The van der Waals surface area contributed by atoms with E-state index in [-0.39, 0.29) is 17.9 Å². The number of hydrogen-bond donors (Lipinski definition) is 2. The quantitative estimate of drug-likeness (QED) is 0.683. The van der Waals surface area contributed by atoms with Crippen LogP contribution in [0.3, 0.4) is 0 Å². The van der Waals surface area contributed by atoms with E-state index in [0.717, 1.165) is 29.9 Å². The predicted octanol–water partition coefficient (Wildman–Crippen LogP) is 4.49. The van der Waals surface area contributed by atoms with Gasteiger partial charge in [-0.2, -0.15) is 9.97 Å². The number of hydrogen-bond acceptors (Lipinski definition) is 7. The monoisotopic (exact) mass is 461 g/mol. The first kappa shape index (κ1) is 21.3. The standard InChI is InChI=1S/C26H28FN5O2/c1-15-10-17-4-5-21(25(27)20(17)11-15)34-26-30-23(29-22-12-18(14-28-22)16-2-3-16)13-24(31-26)32-8-6-19(33)7-9-32/h4-5,11-13,16,19,33H,2-3,6-10,14H2,1H3,(H,28,29,30,31). The Kier molecular flexibility index (Phi) is 5.32. The first-order valence-electron chi connectivity index (χ1n) is 12.0. The third-order valence-corrected chi connectivity index (χ3v) is 6.89. The van der Waals surface area contributed by atoms with Crippen molar-refractivity contribution in [3.8, 4) is 11.8 Å². The summed E-state index contributed by atoms with van der Waals surface area (Å²) < 4.78 is 21.1. The Morgan fingerprint density at radius 2 is 1.94 bits per heavy atom. The Labute approximate surface area is 198 Å². The number of benzene rings is 1. The van der Waals surface area contributed by atoms with Crippen LogP contribution in [0.5, 0.6) is 11.8 Å². The molecular weight excluding hydrogens is 433 g/mol. The van der Waals surface area contributed by atoms with Crippen LogP contribution in [0.2, 0.25) is 0 Å². The Bertz CT molecular complexity index is 1230. The molecule has 0 atom stereocenters. The van der Waals surface area contributed by atoms with Gasteiger partial charge >= 0.3 is 6.01 Å². The molecule has 1 saturated carbocycles. The number of rotatable bonds is 5. The normalized spacial score (nSPS) is 20.1. The number of aliphatic hydroxyl groups is 1. The highest BCUT2D eigenvalue weighted by atomic mass is 19.1. The summed E-state index contributed by atoms with van der Waals surface area (Å²) in [6, 6.07) is 5.48. The molecular formula is C26H28FN5O2. The van der Waals surface area contributed by atoms with Gasteiger partial charge in [0.2, 0.25) is 0 Å². The maximum absolute atomic E-state index is 15.2. The molecule has 6 rings (SSSR count). The fraction of sp³-hybridized carbons (Fsp3) is 0.423. The molecule has 2 aliphatic carbocycles. The van der Waals surface area contributed by atoms with E-state index in [9.17, 15) is 5.11 Å². The molecule has 8 heteroatoms. The van der Waals surface area contributed by atoms with Gasteiger partial charge in [0.15, 0.2) is 11.6 Å². The highest BCUT2D eigenvalue weighted by Gasteiger charge is 2.28. The first-order valence-corrected chi connectivity index (χ1v) is 12.0. The van der Waals surface area contributed by atoms with E-state index in [4.69, 9.17) is 4.74 Å². The number of amidine groups is 1. The van der Waals surface area contributed by atoms with Gasteiger partial charge in [-0.15, -0.1) is 0 Å². The Morgan fingerprint density at radius 1 is 1.12 bits per heavy atom. The number of aliphatic imine (C=N–C) groups is 1. The molecule has 2 aromatic rings. The molecule has 0 amide bonds. The fourth-order valence-electron chi connectivity index (χ4n) is 4.83. The lowest BCUT2D eigenvalue weighted by atomic mass is 10.1. The first-order chi connectivity index (χ1) is 16.5. The number of aromatic nitrogens is 2. The molecule has 34 heavy (non-hydrogen) atoms. The maximum atomic E-state index is 15.2. The van der Waals surface area contributed by atoms with Crippen LogP contribution in [-0.2, 0) is 6.42 Å². The summed E-state index contributed by atoms with van der Waals surface area (Å²) in [6.07, 6.45) is 8.27. The topological polar surface area (TPSA) is 82.9 Å². The zero-order valence-electron chi connectivity index (χ0n) is 19.2. The summed E-state index contributed by atoms with van der Waals surface area (Å²) in [5, 5.41) is 13.2. The second kappa shape index (κ2) is 8.51. The fourth-order valence-corrected chi connectivity index (χ4v) is 4.83. The minimum atomic E-state index is -0.392. The summed E-state index contributed by atoms with van der Waals surface area (Å²) in [5.41, 5.74) is 4.03. The van der Waals surface area contributed by atoms with Gasteiger partial charge < -0.3 is 20.1 Å². The average Bonchev–Trinajstić information content (AvgIpc) is 3.45. The van der Waals surface area contributed by atoms with E-state index in [1.54, 1.807) is 6.07 Å². The lowest BCUT2D eigenvalue weighted by molar-refractivity contribution is 0.145. The minimum Gasteiger partial charge on any atom is -0.421 e. The highest BCUT2D eigenvalue weighted by Crippen LogP contribution is 2.38. The molecule has 7 nitrogen and oxygen atoms in total. The van der Waals surface area contributed by atoms with E-state index in [2.05, 4.69) is 31.3 Å². The van der Waals surface area contributed by atoms with Gasteiger partial charge in [0.1, 0.15) is 17.5 Å². The van der Waals surface area contributed by atoms with Crippen molar-refractivity contribution in [3.63, 3.8) is 0 Å². The lowest BCUT2D eigenvalue weighted by Crippen LogP contribution is -2.36. The molecule has 3 heterocycles. The molecule has 4 aliphatic rings. The van der Waals surface area contributed by atoms with Crippen molar-refractivity contribution in [2.45, 2.75) is 45.1 Å². The summed E-state index contributed by atoms with van der Waals surface area (Å²) >= 11 is 0. The van der Waals surface area contributed by atoms with Crippen LogP contribution in [0.4, 0.5) is 16.0 Å². The zero-order valence-corrected chi connectivity index (χ0v) is 19.2. The Hall–Kier alpha value is -3.26. The SMILES string of the molecule is CC1=Cc2c(ccc(Oc3nc(NC4=NCC(C5CC5)=C4)cc(N4CCC(O)CC4)n3)c2F)C1. The molecule has 0 bridgehead atoms. The molecule has 0 unspecified atom stereocenters. The second-order valence-electron chi connectivity index (χ2n) is 9.65. The van der Waals surface area contributed by atoms with Crippen molar-refractivity contribution in [1.82, 2.24) is 9.97 Å². The van der Waals surface area contributed by atoms with Gasteiger partial charge in [0.25, 0.3) is 0 Å². The molecule has 2 fully saturated rings. The largest absolute Gasteiger partial charge is 0.421 e. The molecule has 1 aromatic carbocycles. The van der Waals surface area contributed by atoms with Crippen LogP contribution in [0.15, 0.2) is 40.4 Å². The number of nitrogens with zero attached hydrogens (tertiary/aromatic N) is 4. The van der Waals surface area contributed by atoms with Crippen molar-refractivity contribution in [2.24, 2.45) is 10.9 Å². The zero-order chi connectivity index (χ0) is 23.2. The average molecular weight is 462 g/mol. The number of nitrogens with one attached hydrogen (secondary N) is 1. The van der Waals surface area contributed by atoms with Gasteiger partial charge in [0, 0.05) is 24.7 Å². The van der Waals surface area contributed by atoms with Crippen molar-refractivity contribution in [1.29, 1.82) is 0 Å². The smallest absolute Gasteiger partial charge is 0.326 e. The molecule has 0 spiro atoms. The van der Waals surface area contributed by atoms with Crippen molar-refractivity contribution >= 4 is 23.5 Å². The van der Waals surface area contributed by atoms with Gasteiger partial charge in [-0.25, -0.2) is 4.39 Å². The van der Waals surface area contributed by atoms with Crippen LogP contribution < -0.4 is 15.0 Å². The van der Waals surface area contributed by atoms with E-state index in [1.165, 1.54) is 18.4 Å². The number of piperidine rings is 1. The number of fused-ring (bicyclic) bond motifs is 1. The van der Waals surface area contributed by atoms with Gasteiger partial charge in [-0.05, 0) is 68.2 Å². The van der Waals surface area contributed by atoms with Crippen molar-refractivity contribution < 1.29 is 14.2 Å². The molecule has 176 valence electrons. The number of allylic oxidation sites excluding steroid dienone is 1. The van der Waals surface area contributed by atoms with Crippen LogP contribution in [0.25, 0.3) is 6.08 Å². The third kappa shape index (κ3) is 4.30. The van der Waals surface area contributed by atoms with Gasteiger partial charge in [-0.3, -0.25) is 4.99 Å². The van der Waals surface area contributed by atoms with Crippen LogP contribution >= 0.6 is 0 Å². The number of aliphatic hydroxyl groups excluding tert-OH is 1. The Morgan fingerprint density at radius 3 is 2.74 bits per heavy atom. The second-order valence-corrected chi connectivity index (χ2v) is 9.65. The summed E-state index contributed by atoms with van der Waals surface area (Å²) in [4.78, 5) is 15.8. The Balaban J connectivity index is 1.30. The summed E-state index contributed by atoms with van der Waals surface area (Å²) in [5.74, 6) is 2.39. The van der Waals surface area contributed by atoms with Gasteiger partial charge in [0.05, 0.1) is 12.6 Å². The highest BCUT2D eigenvalue weighted by molar-refractivity contribution is 6.05. The number of anilines is 2. The van der Waals surface area contributed by atoms with E-state index in [0.29, 0.717) is 49.0 Å². The van der Waals surface area contributed by atoms with Crippen molar-refractivity contribution in [3.05, 3.63) is 52.4 Å². The van der Waals surface area contributed by atoms with Crippen LogP contribution in [-0.4, -0.2) is 46.6 Å². The number of ether oxygens (including phenoxy) is 1. The van der Waals surface area contributed by atoms with E-state index in [1.807, 2.05) is 25.1 Å². The van der Waals surface area contributed by atoms with E-state index < -0.39 is 5.82 Å². The van der Waals surface area contributed by atoms with E-state index >= 15 is 4.39 Å². The molecule has 0 radical (unpaired) electrons. The number of halogens is 1. The molecule has 2 N–H and O–H groups in total. The summed E-state index contributed by atoms with van der Waals surface area (Å²) in [7, 11) is 0. The summed E-state index contributed by atoms with van der Waals surface area (Å²) in [6.45, 7) is 4.09. The molecule has 1 aromatic heterocycles. The molecule has 1 saturated heterocycles. The maximum Gasteiger partial charge on any atom is 0.326 e. The lowest BCUT2D eigenvalue weighted by Gasteiger charge is -2.30. The van der Waals surface area contributed by atoms with Crippen LogP contribution in [0.1, 0.15) is 43.7 Å². The van der Waals surface area contributed by atoms with Gasteiger partial charge in [-0.1, -0.05) is 17.7 Å². The van der Waals surface area contributed by atoms with Crippen molar-refractivity contribution in [2.75, 3.05) is 29.9 Å². The third-order valence-electron chi connectivity index (χ3n) is 6.89. The predicted molar refractivity (Wildman–Crippen MR) is 130 cm³/mol.